The highest BCUT2D eigenvalue weighted by molar-refractivity contribution is 6.13. The summed E-state index contributed by atoms with van der Waals surface area (Å²) in [6.45, 7) is 1.96. The number of benzene rings is 1. The van der Waals surface area contributed by atoms with Crippen molar-refractivity contribution in [2.24, 2.45) is 4.99 Å². The molecule has 2 unspecified atom stereocenters. The van der Waals surface area contributed by atoms with Crippen molar-refractivity contribution in [3.63, 3.8) is 0 Å². The van der Waals surface area contributed by atoms with Crippen molar-refractivity contribution in [3.8, 4) is 0 Å². The van der Waals surface area contributed by atoms with Crippen molar-refractivity contribution < 1.29 is 17.6 Å². The van der Waals surface area contributed by atoms with Gasteiger partial charge in [-0.05, 0) is 30.5 Å². The van der Waals surface area contributed by atoms with Gasteiger partial charge in [-0.1, -0.05) is 44.0 Å². The van der Waals surface area contributed by atoms with Gasteiger partial charge < -0.3 is 4.42 Å². The first kappa shape index (κ1) is 16.4. The standard InChI is InChI=1S/C20H20F3NO/c1-18-10-4-5-11-19(18,13-20(21,22)23)24-17(16-9-6-12-25-16)14-7-2-3-8-15(14)18/h2-3,6-9,12H,4-5,10-11,13H2,1H3. The van der Waals surface area contributed by atoms with Gasteiger partial charge in [-0.15, -0.1) is 0 Å². The minimum absolute atomic E-state index is 0.446. The first-order chi connectivity index (χ1) is 11.8. The lowest BCUT2D eigenvalue weighted by molar-refractivity contribution is -0.156. The molecule has 1 aromatic heterocycles. The highest BCUT2D eigenvalue weighted by Crippen LogP contribution is 2.56. The van der Waals surface area contributed by atoms with Gasteiger partial charge in [-0.25, -0.2) is 0 Å². The van der Waals surface area contributed by atoms with E-state index in [4.69, 9.17) is 9.41 Å². The van der Waals surface area contributed by atoms with E-state index >= 15 is 0 Å². The van der Waals surface area contributed by atoms with E-state index in [9.17, 15) is 13.2 Å². The van der Waals surface area contributed by atoms with E-state index in [1.165, 1.54) is 6.26 Å². The maximum Gasteiger partial charge on any atom is 0.391 e. The molecule has 1 aliphatic carbocycles. The number of nitrogens with zero attached hydrogens (tertiary/aromatic N) is 1. The Morgan fingerprint density at radius 1 is 1.08 bits per heavy atom. The Balaban J connectivity index is 1.98. The minimum Gasteiger partial charge on any atom is -0.463 e. The van der Waals surface area contributed by atoms with Gasteiger partial charge in [0.05, 0.1) is 18.2 Å². The minimum atomic E-state index is -4.26. The van der Waals surface area contributed by atoms with Crippen LogP contribution in [0.3, 0.4) is 0 Å². The maximum absolute atomic E-state index is 13.5. The van der Waals surface area contributed by atoms with Crippen LogP contribution in [-0.4, -0.2) is 17.4 Å². The fourth-order valence-electron chi connectivity index (χ4n) is 4.67. The van der Waals surface area contributed by atoms with Gasteiger partial charge in [-0.2, -0.15) is 13.2 Å². The molecule has 0 radical (unpaired) electrons. The summed E-state index contributed by atoms with van der Waals surface area (Å²) in [7, 11) is 0. The lowest BCUT2D eigenvalue weighted by Crippen LogP contribution is -2.56. The van der Waals surface area contributed by atoms with Gasteiger partial charge >= 0.3 is 6.18 Å². The molecule has 0 bridgehead atoms. The third-order valence-electron chi connectivity index (χ3n) is 5.89. The molecule has 2 aliphatic rings. The Hall–Kier alpha value is -2.04. The number of alkyl halides is 3. The predicted octanol–water partition coefficient (Wildman–Crippen LogP) is 5.65. The molecule has 1 saturated carbocycles. The third kappa shape index (κ3) is 2.52. The molecule has 25 heavy (non-hydrogen) atoms. The molecule has 0 amide bonds. The van der Waals surface area contributed by atoms with Gasteiger partial charge in [-0.3, -0.25) is 4.99 Å². The summed E-state index contributed by atoms with van der Waals surface area (Å²) in [4.78, 5) is 4.78. The predicted molar refractivity (Wildman–Crippen MR) is 90.0 cm³/mol. The average molecular weight is 347 g/mol. The Bertz CT molecular complexity index is 809. The van der Waals surface area contributed by atoms with Crippen molar-refractivity contribution in [1.29, 1.82) is 0 Å². The molecule has 0 saturated heterocycles. The fraction of sp³-hybridized carbons (Fsp3) is 0.450. The van der Waals surface area contributed by atoms with E-state index in [1.807, 2.05) is 31.2 Å². The molecule has 2 atom stereocenters. The van der Waals surface area contributed by atoms with Crippen LogP contribution < -0.4 is 0 Å². The van der Waals surface area contributed by atoms with E-state index in [0.29, 0.717) is 17.9 Å². The molecule has 5 heteroatoms. The summed E-state index contributed by atoms with van der Waals surface area (Å²) in [6, 6.07) is 11.2. The second-order valence-corrected chi connectivity index (χ2v) is 7.35. The molecule has 132 valence electrons. The smallest absolute Gasteiger partial charge is 0.391 e. The zero-order valence-corrected chi connectivity index (χ0v) is 14.1. The van der Waals surface area contributed by atoms with Crippen molar-refractivity contribution in [2.75, 3.05) is 0 Å². The number of halogens is 3. The zero-order valence-electron chi connectivity index (χ0n) is 14.1. The van der Waals surface area contributed by atoms with Gasteiger partial charge in [0.25, 0.3) is 0 Å². The van der Waals surface area contributed by atoms with E-state index < -0.39 is 23.6 Å². The fourth-order valence-corrected chi connectivity index (χ4v) is 4.67. The highest BCUT2D eigenvalue weighted by Gasteiger charge is 2.58. The molecule has 1 aromatic carbocycles. The van der Waals surface area contributed by atoms with Crippen LogP contribution in [0.4, 0.5) is 13.2 Å². The Morgan fingerprint density at radius 3 is 2.56 bits per heavy atom. The first-order valence-corrected chi connectivity index (χ1v) is 8.65. The lowest BCUT2D eigenvalue weighted by atomic mass is 9.55. The topological polar surface area (TPSA) is 25.5 Å². The van der Waals surface area contributed by atoms with Gasteiger partial charge in [0.1, 0.15) is 5.71 Å². The molecular formula is C20H20F3NO. The van der Waals surface area contributed by atoms with Crippen LogP contribution in [-0.2, 0) is 5.41 Å². The number of aliphatic imine (C=N–C) groups is 1. The van der Waals surface area contributed by atoms with E-state index in [0.717, 1.165) is 30.4 Å². The third-order valence-corrected chi connectivity index (χ3v) is 5.89. The van der Waals surface area contributed by atoms with Gasteiger partial charge in [0, 0.05) is 11.0 Å². The number of hydrogen-bond donors (Lipinski definition) is 0. The molecular weight excluding hydrogens is 327 g/mol. The molecule has 0 spiro atoms. The van der Waals surface area contributed by atoms with Gasteiger partial charge in [0.2, 0.25) is 0 Å². The second-order valence-electron chi connectivity index (χ2n) is 7.35. The van der Waals surface area contributed by atoms with Gasteiger partial charge in [0.15, 0.2) is 5.76 Å². The Kier molecular flexibility index (Phi) is 3.60. The van der Waals surface area contributed by atoms with Crippen LogP contribution in [0.2, 0.25) is 0 Å². The van der Waals surface area contributed by atoms with Crippen LogP contribution in [0, 0.1) is 0 Å². The monoisotopic (exact) mass is 347 g/mol. The number of rotatable bonds is 2. The van der Waals surface area contributed by atoms with Crippen LogP contribution in [0.5, 0.6) is 0 Å². The summed E-state index contributed by atoms with van der Waals surface area (Å²) in [5.74, 6) is 0.529. The first-order valence-electron chi connectivity index (χ1n) is 8.65. The normalized spacial score (nSPS) is 28.9. The quantitative estimate of drug-likeness (QED) is 0.689. The zero-order chi connectivity index (χ0) is 17.7. The summed E-state index contributed by atoms with van der Waals surface area (Å²) in [5, 5.41) is 0. The molecule has 2 aromatic rings. The van der Waals surface area contributed by atoms with E-state index in [-0.39, 0.29) is 0 Å². The molecule has 2 nitrogen and oxygen atoms in total. The highest BCUT2D eigenvalue weighted by atomic mass is 19.4. The van der Waals surface area contributed by atoms with Crippen LogP contribution in [0.15, 0.2) is 52.1 Å². The molecule has 1 aliphatic heterocycles. The largest absolute Gasteiger partial charge is 0.463 e. The van der Waals surface area contributed by atoms with E-state index in [1.54, 1.807) is 12.1 Å². The summed E-state index contributed by atoms with van der Waals surface area (Å²) in [5.41, 5.74) is 0.609. The molecule has 2 heterocycles. The summed E-state index contributed by atoms with van der Waals surface area (Å²) >= 11 is 0. The SMILES string of the molecule is CC12CCCCC1(CC(F)(F)F)N=C(c1ccco1)c1ccccc12. The Labute approximate surface area is 144 Å². The second kappa shape index (κ2) is 5.48. The number of furan rings is 1. The van der Waals surface area contributed by atoms with Crippen LogP contribution in [0.25, 0.3) is 0 Å². The molecule has 0 N–H and O–H groups in total. The summed E-state index contributed by atoms with van der Waals surface area (Å²) in [6.07, 6.45) is -0.765. The summed E-state index contributed by atoms with van der Waals surface area (Å²) < 4.78 is 46.1. The number of hydrogen-bond acceptors (Lipinski definition) is 2. The van der Waals surface area contributed by atoms with Crippen molar-refractivity contribution in [2.45, 2.75) is 56.2 Å². The lowest BCUT2D eigenvalue weighted by Gasteiger charge is -2.53. The van der Waals surface area contributed by atoms with Crippen molar-refractivity contribution in [3.05, 3.63) is 59.5 Å². The van der Waals surface area contributed by atoms with Crippen LogP contribution in [0.1, 0.15) is 55.9 Å². The Morgan fingerprint density at radius 2 is 1.84 bits per heavy atom. The van der Waals surface area contributed by atoms with Crippen molar-refractivity contribution in [1.82, 2.24) is 0 Å². The van der Waals surface area contributed by atoms with E-state index in [2.05, 4.69) is 0 Å². The maximum atomic E-state index is 13.5. The average Bonchev–Trinajstić information content (AvgIpc) is 3.08. The molecule has 1 fully saturated rings. The van der Waals surface area contributed by atoms with Crippen LogP contribution >= 0.6 is 0 Å². The van der Waals surface area contributed by atoms with Crippen molar-refractivity contribution >= 4 is 5.71 Å². The number of fused-ring (bicyclic) bond motifs is 3. The molecule has 4 rings (SSSR count).